The second-order valence-corrected chi connectivity index (χ2v) is 9.46. The number of carbonyl (C=O) groups excluding carboxylic acids is 2. The molecule has 2 aliphatic heterocycles. The second-order valence-electron chi connectivity index (χ2n) is 8.39. The molecule has 2 saturated heterocycles. The SMILES string of the molecule is C[NH+]1CCN(C(=O)CN2C(=O)CS[C@H]2c2ccc(C(C)(C)C)cc2)CC1. The topological polar surface area (TPSA) is 45.1 Å². The molecule has 1 aromatic carbocycles. The van der Waals surface area contributed by atoms with Crippen LogP contribution in [-0.2, 0) is 15.0 Å². The number of quaternary nitrogens is 1. The van der Waals surface area contributed by atoms with Gasteiger partial charge in [0.25, 0.3) is 0 Å². The zero-order valence-corrected chi connectivity index (χ0v) is 17.1. The standard InChI is InChI=1S/C20H29N3O2S/c1-20(2,3)16-7-5-15(6-8-16)19-23(18(25)14-26-19)13-17(24)22-11-9-21(4)10-12-22/h5-8,19H,9-14H2,1-4H3/p+1/t19-/m0/s1. The zero-order valence-electron chi connectivity index (χ0n) is 16.2. The molecule has 2 fully saturated rings. The first-order chi connectivity index (χ1) is 12.3. The zero-order chi connectivity index (χ0) is 18.9. The Kier molecular flexibility index (Phi) is 5.63. The molecular formula is C20H30N3O2S+. The van der Waals surface area contributed by atoms with Crippen LogP contribution in [0.2, 0.25) is 0 Å². The predicted octanol–water partition coefficient (Wildman–Crippen LogP) is 0.915. The molecule has 0 aliphatic carbocycles. The van der Waals surface area contributed by atoms with Crippen LogP contribution in [-0.4, -0.2) is 67.1 Å². The highest BCUT2D eigenvalue weighted by atomic mass is 32.2. The van der Waals surface area contributed by atoms with Crippen molar-refractivity contribution in [3.05, 3.63) is 35.4 Å². The maximum absolute atomic E-state index is 12.7. The van der Waals surface area contributed by atoms with E-state index in [0.29, 0.717) is 5.75 Å². The van der Waals surface area contributed by atoms with E-state index in [1.165, 1.54) is 10.5 Å². The number of nitrogens with one attached hydrogen (secondary N) is 1. The summed E-state index contributed by atoms with van der Waals surface area (Å²) in [5.74, 6) is 0.587. The normalized spacial score (nSPS) is 22.2. The van der Waals surface area contributed by atoms with Crippen LogP contribution >= 0.6 is 11.8 Å². The van der Waals surface area contributed by atoms with Gasteiger partial charge in [-0.1, -0.05) is 45.0 Å². The molecule has 3 rings (SSSR count). The van der Waals surface area contributed by atoms with Crippen LogP contribution in [0.4, 0.5) is 0 Å². The van der Waals surface area contributed by atoms with Gasteiger partial charge < -0.3 is 14.7 Å². The summed E-state index contributed by atoms with van der Waals surface area (Å²) < 4.78 is 0. The third-order valence-corrected chi connectivity index (χ3v) is 6.56. The Hall–Kier alpha value is -1.53. The first-order valence-electron chi connectivity index (χ1n) is 9.36. The molecule has 26 heavy (non-hydrogen) atoms. The van der Waals surface area contributed by atoms with Crippen LogP contribution < -0.4 is 4.90 Å². The van der Waals surface area contributed by atoms with E-state index in [1.807, 2.05) is 4.90 Å². The number of carbonyl (C=O) groups is 2. The van der Waals surface area contributed by atoms with Crippen molar-refractivity contribution in [2.24, 2.45) is 0 Å². The number of likely N-dealkylation sites (N-methyl/N-ethyl adjacent to an activating group) is 1. The summed E-state index contributed by atoms with van der Waals surface area (Å²) in [7, 11) is 2.15. The van der Waals surface area contributed by atoms with E-state index in [0.717, 1.165) is 31.7 Å². The number of rotatable bonds is 3. The maximum atomic E-state index is 12.7. The average molecular weight is 377 g/mol. The molecule has 2 amide bonds. The number of benzene rings is 1. The molecule has 0 bridgehead atoms. The van der Waals surface area contributed by atoms with Crippen molar-refractivity contribution in [2.45, 2.75) is 31.6 Å². The lowest BCUT2D eigenvalue weighted by Gasteiger charge is -2.32. The summed E-state index contributed by atoms with van der Waals surface area (Å²) >= 11 is 1.62. The second kappa shape index (κ2) is 7.61. The minimum absolute atomic E-state index is 0.0569. The van der Waals surface area contributed by atoms with Crippen molar-refractivity contribution in [1.82, 2.24) is 9.80 Å². The fourth-order valence-electron chi connectivity index (χ4n) is 3.43. The molecule has 1 atom stereocenters. The molecule has 0 aromatic heterocycles. The Morgan fingerprint density at radius 2 is 1.81 bits per heavy atom. The van der Waals surface area contributed by atoms with E-state index in [2.05, 4.69) is 52.1 Å². The first kappa shape index (κ1) is 19.2. The third-order valence-electron chi connectivity index (χ3n) is 5.31. The first-order valence-corrected chi connectivity index (χ1v) is 10.4. The van der Waals surface area contributed by atoms with Crippen molar-refractivity contribution in [3.8, 4) is 0 Å². The van der Waals surface area contributed by atoms with Gasteiger partial charge in [0.1, 0.15) is 11.9 Å². The molecule has 0 spiro atoms. The summed E-state index contributed by atoms with van der Waals surface area (Å²) in [5, 5.41) is -0.0569. The minimum atomic E-state index is -0.0569. The number of thioether (sulfide) groups is 1. The van der Waals surface area contributed by atoms with Gasteiger partial charge in [0.15, 0.2) is 0 Å². The summed E-state index contributed by atoms with van der Waals surface area (Å²) in [6, 6.07) is 8.49. The van der Waals surface area contributed by atoms with E-state index in [9.17, 15) is 9.59 Å². The van der Waals surface area contributed by atoms with Gasteiger partial charge in [0.05, 0.1) is 39.0 Å². The Bertz CT molecular complexity index is 661. The Morgan fingerprint density at radius 3 is 2.38 bits per heavy atom. The lowest BCUT2D eigenvalue weighted by molar-refractivity contribution is -0.883. The number of amides is 2. The molecule has 1 N–H and O–H groups in total. The maximum Gasteiger partial charge on any atom is 0.242 e. The van der Waals surface area contributed by atoms with E-state index in [1.54, 1.807) is 16.7 Å². The van der Waals surface area contributed by atoms with Crippen molar-refractivity contribution in [1.29, 1.82) is 0 Å². The van der Waals surface area contributed by atoms with Crippen LogP contribution in [0.25, 0.3) is 0 Å². The summed E-state index contributed by atoms with van der Waals surface area (Å²) in [6.45, 7) is 10.3. The minimum Gasteiger partial charge on any atom is -0.334 e. The molecule has 5 nitrogen and oxygen atoms in total. The third kappa shape index (κ3) is 4.23. The molecule has 0 saturated carbocycles. The van der Waals surface area contributed by atoms with Crippen molar-refractivity contribution >= 4 is 23.6 Å². The number of hydrogen-bond acceptors (Lipinski definition) is 3. The summed E-state index contributed by atoms with van der Waals surface area (Å²) in [4.78, 5) is 30.2. The molecule has 2 heterocycles. The van der Waals surface area contributed by atoms with E-state index < -0.39 is 0 Å². The fraction of sp³-hybridized carbons (Fsp3) is 0.600. The van der Waals surface area contributed by atoms with Gasteiger partial charge in [0.2, 0.25) is 11.8 Å². The number of piperazine rings is 1. The fourth-order valence-corrected chi connectivity index (χ4v) is 4.62. The smallest absolute Gasteiger partial charge is 0.242 e. The van der Waals surface area contributed by atoms with Crippen molar-refractivity contribution in [3.63, 3.8) is 0 Å². The van der Waals surface area contributed by atoms with Gasteiger partial charge in [-0.3, -0.25) is 9.59 Å². The van der Waals surface area contributed by atoms with Gasteiger partial charge in [-0.25, -0.2) is 0 Å². The van der Waals surface area contributed by atoms with Crippen LogP contribution in [0.5, 0.6) is 0 Å². The van der Waals surface area contributed by atoms with Crippen LogP contribution in [0.3, 0.4) is 0 Å². The van der Waals surface area contributed by atoms with E-state index in [-0.39, 0.29) is 29.1 Å². The van der Waals surface area contributed by atoms with Crippen molar-refractivity contribution in [2.75, 3.05) is 45.5 Å². The predicted molar refractivity (Wildman–Crippen MR) is 105 cm³/mol. The van der Waals surface area contributed by atoms with Gasteiger partial charge >= 0.3 is 0 Å². The van der Waals surface area contributed by atoms with Gasteiger partial charge in [-0.05, 0) is 16.5 Å². The number of nitrogens with zero attached hydrogens (tertiary/aromatic N) is 2. The highest BCUT2D eigenvalue weighted by Crippen LogP contribution is 2.39. The highest BCUT2D eigenvalue weighted by molar-refractivity contribution is 8.00. The molecule has 0 radical (unpaired) electrons. The highest BCUT2D eigenvalue weighted by Gasteiger charge is 2.35. The lowest BCUT2D eigenvalue weighted by Crippen LogP contribution is -3.12. The molecule has 1 aromatic rings. The summed E-state index contributed by atoms with van der Waals surface area (Å²) in [5.41, 5.74) is 2.48. The molecule has 6 heteroatoms. The van der Waals surface area contributed by atoms with Gasteiger partial charge in [0, 0.05) is 0 Å². The average Bonchev–Trinajstić information content (AvgIpc) is 2.95. The Balaban J connectivity index is 1.69. The van der Waals surface area contributed by atoms with Gasteiger partial charge in [-0.15, -0.1) is 11.8 Å². The van der Waals surface area contributed by atoms with Crippen molar-refractivity contribution < 1.29 is 14.5 Å². The molecule has 2 aliphatic rings. The molecule has 142 valence electrons. The van der Waals surface area contributed by atoms with E-state index >= 15 is 0 Å². The number of hydrogen-bond donors (Lipinski definition) is 1. The molecule has 0 unspecified atom stereocenters. The van der Waals surface area contributed by atoms with Crippen LogP contribution in [0.1, 0.15) is 37.3 Å². The van der Waals surface area contributed by atoms with Crippen LogP contribution in [0.15, 0.2) is 24.3 Å². The summed E-state index contributed by atoms with van der Waals surface area (Å²) in [6.07, 6.45) is 0. The van der Waals surface area contributed by atoms with E-state index in [4.69, 9.17) is 0 Å². The molecular weight excluding hydrogens is 346 g/mol. The van der Waals surface area contributed by atoms with Crippen LogP contribution in [0, 0.1) is 0 Å². The monoisotopic (exact) mass is 376 g/mol. The Morgan fingerprint density at radius 1 is 1.19 bits per heavy atom. The largest absolute Gasteiger partial charge is 0.334 e. The van der Waals surface area contributed by atoms with Gasteiger partial charge in [-0.2, -0.15) is 0 Å². The quantitative estimate of drug-likeness (QED) is 0.853. The Labute approximate surface area is 160 Å². The lowest BCUT2D eigenvalue weighted by atomic mass is 9.87.